The van der Waals surface area contributed by atoms with Gasteiger partial charge in [0.2, 0.25) is 10.0 Å². The number of hydrogen-bond acceptors (Lipinski definition) is 8. The van der Waals surface area contributed by atoms with Crippen molar-refractivity contribution in [3.05, 3.63) is 87.0 Å². The van der Waals surface area contributed by atoms with E-state index in [1.54, 1.807) is 23.7 Å². The summed E-state index contributed by atoms with van der Waals surface area (Å²) in [5.41, 5.74) is 4.08. The van der Waals surface area contributed by atoms with Gasteiger partial charge in [-0.05, 0) is 41.6 Å². The van der Waals surface area contributed by atoms with Crippen LogP contribution in [0.4, 0.5) is 10.8 Å². The van der Waals surface area contributed by atoms with Crippen molar-refractivity contribution in [2.24, 2.45) is 0 Å². The van der Waals surface area contributed by atoms with Crippen molar-refractivity contribution in [2.75, 3.05) is 5.32 Å². The number of aromatic nitrogens is 2. The van der Waals surface area contributed by atoms with E-state index in [1.165, 1.54) is 35.2 Å². The lowest BCUT2D eigenvalue weighted by Gasteiger charge is -2.12. The first-order valence-corrected chi connectivity index (χ1v) is 13.1. The van der Waals surface area contributed by atoms with Crippen LogP contribution in [0.3, 0.4) is 0 Å². The molecule has 2 aromatic carbocycles. The van der Waals surface area contributed by atoms with Crippen molar-refractivity contribution in [3.63, 3.8) is 0 Å². The van der Waals surface area contributed by atoms with E-state index in [4.69, 9.17) is 0 Å². The quantitative estimate of drug-likeness (QED) is 0.293. The van der Waals surface area contributed by atoms with Crippen LogP contribution < -0.4 is 5.32 Å². The van der Waals surface area contributed by atoms with Crippen molar-refractivity contribution in [1.29, 1.82) is 5.26 Å². The van der Waals surface area contributed by atoms with Crippen molar-refractivity contribution in [2.45, 2.75) is 18.2 Å². The molecule has 166 valence electrons. The van der Waals surface area contributed by atoms with E-state index in [0.717, 1.165) is 29.0 Å². The Kier molecular flexibility index (Phi) is 6.84. The van der Waals surface area contributed by atoms with Crippen LogP contribution in [0.15, 0.2) is 76.6 Å². The van der Waals surface area contributed by atoms with Crippen molar-refractivity contribution in [3.8, 4) is 17.3 Å². The lowest BCUT2D eigenvalue weighted by Crippen LogP contribution is -1.98. The summed E-state index contributed by atoms with van der Waals surface area (Å²) >= 11 is 2.54. The van der Waals surface area contributed by atoms with Crippen LogP contribution in [0.2, 0.25) is 0 Å². The molecular formula is C23H18N5O2S3-. The van der Waals surface area contributed by atoms with Gasteiger partial charge in [0.25, 0.3) is 0 Å². The molecule has 0 amide bonds. The van der Waals surface area contributed by atoms with E-state index >= 15 is 0 Å². The third kappa shape index (κ3) is 5.46. The first-order chi connectivity index (χ1) is 16.0. The van der Waals surface area contributed by atoms with Crippen molar-refractivity contribution < 1.29 is 8.42 Å². The first-order valence-electron chi connectivity index (χ1n) is 9.88. The molecule has 0 saturated heterocycles. The molecule has 1 N–H and O–H groups in total. The number of anilines is 1. The Morgan fingerprint density at radius 2 is 1.91 bits per heavy atom. The van der Waals surface area contributed by atoms with Crippen LogP contribution in [0.25, 0.3) is 21.6 Å². The molecule has 0 aliphatic carbocycles. The SMILES string of the molecule is CCc1ccc(-c2csc(/C(C#N)=C\Nc3ccc(S(=O)(=O)[N-]c4nccs4)cc3)n2)cc1. The van der Waals surface area contributed by atoms with Crippen LogP contribution >= 0.6 is 22.7 Å². The Hall–Kier alpha value is -3.52. The Morgan fingerprint density at radius 3 is 2.55 bits per heavy atom. The minimum Gasteiger partial charge on any atom is -0.433 e. The molecule has 0 bridgehead atoms. The molecule has 0 atom stereocenters. The fraction of sp³-hybridized carbons (Fsp3) is 0.0870. The van der Waals surface area contributed by atoms with Gasteiger partial charge in [0, 0.05) is 28.0 Å². The molecule has 10 heteroatoms. The summed E-state index contributed by atoms with van der Waals surface area (Å²) in [6, 6.07) is 16.5. The highest BCUT2D eigenvalue weighted by Crippen LogP contribution is 2.30. The van der Waals surface area contributed by atoms with Gasteiger partial charge in [0.05, 0.1) is 10.6 Å². The largest absolute Gasteiger partial charge is 0.433 e. The average molecular weight is 493 g/mol. The minimum atomic E-state index is -3.84. The predicted octanol–water partition coefficient (Wildman–Crippen LogP) is 6.20. The van der Waals surface area contributed by atoms with Gasteiger partial charge in [-0.2, -0.15) is 16.6 Å². The number of nitriles is 1. The summed E-state index contributed by atoms with van der Waals surface area (Å²) in [6.07, 6.45) is 4.04. The number of hydrogen-bond donors (Lipinski definition) is 1. The normalized spacial score (nSPS) is 11.7. The Labute approximate surface area is 200 Å². The standard InChI is InChI=1S/C23H18N5O2S3/c1-2-16-3-5-17(6-4-16)21-15-32-22(27-21)18(13-24)14-26-19-7-9-20(10-8-19)33(29,30)28-23-25-11-12-31-23/h3-12,14-15,26H,2H2,1H3/q-1/b18-14-. The zero-order valence-electron chi connectivity index (χ0n) is 17.5. The molecule has 0 unspecified atom stereocenters. The van der Waals surface area contributed by atoms with Crippen LogP contribution in [0, 0.1) is 11.3 Å². The molecule has 0 saturated carbocycles. The highest BCUT2D eigenvalue weighted by molar-refractivity contribution is 7.94. The van der Waals surface area contributed by atoms with Gasteiger partial charge in [0.15, 0.2) is 0 Å². The van der Waals surface area contributed by atoms with Crippen molar-refractivity contribution in [1.82, 2.24) is 9.97 Å². The second-order valence-electron chi connectivity index (χ2n) is 6.81. The van der Waals surface area contributed by atoms with Gasteiger partial charge in [-0.25, -0.2) is 13.4 Å². The highest BCUT2D eigenvalue weighted by atomic mass is 32.2. The third-order valence-electron chi connectivity index (χ3n) is 4.67. The lowest BCUT2D eigenvalue weighted by atomic mass is 10.1. The minimum absolute atomic E-state index is 0.0615. The van der Waals surface area contributed by atoms with Crippen molar-refractivity contribution >= 4 is 49.1 Å². The third-order valence-corrected chi connectivity index (χ3v) is 7.60. The Bertz CT molecular complexity index is 1400. The maximum absolute atomic E-state index is 12.4. The summed E-state index contributed by atoms with van der Waals surface area (Å²) in [4.78, 5) is 8.53. The molecule has 0 aliphatic rings. The van der Waals surface area contributed by atoms with Gasteiger partial charge < -0.3 is 15.0 Å². The zero-order chi connectivity index (χ0) is 23.3. The molecule has 2 aromatic heterocycles. The molecule has 7 nitrogen and oxygen atoms in total. The smallest absolute Gasteiger partial charge is 0.202 e. The summed E-state index contributed by atoms with van der Waals surface area (Å²) < 4.78 is 28.5. The molecule has 4 aromatic rings. The summed E-state index contributed by atoms with van der Waals surface area (Å²) in [6.45, 7) is 2.11. The predicted molar refractivity (Wildman–Crippen MR) is 133 cm³/mol. The molecule has 0 aliphatic heterocycles. The number of allylic oxidation sites excluding steroid dienone is 1. The fourth-order valence-corrected chi connectivity index (χ4v) is 5.34. The second kappa shape index (κ2) is 9.95. The second-order valence-corrected chi connectivity index (χ2v) is 10.1. The van der Waals surface area contributed by atoms with Crippen LogP contribution in [-0.2, 0) is 16.4 Å². The average Bonchev–Trinajstić information content (AvgIpc) is 3.52. The fourth-order valence-electron chi connectivity index (χ4n) is 2.88. The Morgan fingerprint density at radius 1 is 1.15 bits per heavy atom. The summed E-state index contributed by atoms with van der Waals surface area (Å²) in [5, 5.41) is 17.0. The number of aryl methyl sites for hydroxylation is 1. The van der Waals surface area contributed by atoms with Gasteiger partial charge in [-0.15, -0.1) is 11.3 Å². The van der Waals surface area contributed by atoms with Crippen LogP contribution in [0.5, 0.6) is 0 Å². The van der Waals surface area contributed by atoms with Gasteiger partial charge in [-0.3, -0.25) is 0 Å². The van der Waals surface area contributed by atoms with E-state index in [-0.39, 0.29) is 10.0 Å². The summed E-state index contributed by atoms with van der Waals surface area (Å²) in [5.74, 6) is 0. The number of nitrogens with zero attached hydrogens (tertiary/aromatic N) is 4. The summed E-state index contributed by atoms with van der Waals surface area (Å²) in [7, 11) is -3.84. The monoisotopic (exact) mass is 492 g/mol. The number of rotatable bonds is 8. The molecule has 4 rings (SSSR count). The first kappa shape index (κ1) is 22.7. The van der Waals surface area contributed by atoms with Gasteiger partial charge in [0.1, 0.15) is 16.6 Å². The van der Waals surface area contributed by atoms with E-state index in [2.05, 4.69) is 45.1 Å². The lowest BCUT2D eigenvalue weighted by molar-refractivity contribution is 0.603. The van der Waals surface area contributed by atoms with Crippen LogP contribution in [-0.4, -0.2) is 18.4 Å². The molecular weight excluding hydrogens is 474 g/mol. The highest BCUT2D eigenvalue weighted by Gasteiger charge is 2.11. The van der Waals surface area contributed by atoms with Gasteiger partial charge >= 0.3 is 0 Å². The molecule has 33 heavy (non-hydrogen) atoms. The number of thiazole rings is 2. The van der Waals surface area contributed by atoms with E-state index in [0.29, 0.717) is 16.3 Å². The van der Waals surface area contributed by atoms with Crippen LogP contribution in [0.1, 0.15) is 17.5 Å². The number of benzene rings is 2. The maximum atomic E-state index is 12.4. The zero-order valence-corrected chi connectivity index (χ0v) is 19.9. The molecule has 0 spiro atoms. The van der Waals surface area contributed by atoms with E-state index in [1.807, 2.05) is 17.5 Å². The molecule has 0 fully saturated rings. The van der Waals surface area contributed by atoms with Gasteiger partial charge in [-0.1, -0.05) is 37.4 Å². The van der Waals surface area contributed by atoms with E-state index in [9.17, 15) is 13.7 Å². The topological polar surface area (TPSA) is 110 Å². The maximum Gasteiger partial charge on any atom is 0.202 e. The molecule has 2 heterocycles. The number of sulfonamides is 1. The molecule has 0 radical (unpaired) electrons. The number of nitrogens with one attached hydrogen (secondary N) is 1. The van der Waals surface area contributed by atoms with E-state index < -0.39 is 10.0 Å². The Balaban J connectivity index is 1.46.